The van der Waals surface area contributed by atoms with E-state index in [1.807, 2.05) is 24.3 Å². The first-order valence-corrected chi connectivity index (χ1v) is 10.5. The van der Waals surface area contributed by atoms with Crippen LogP contribution >= 0.6 is 0 Å². The summed E-state index contributed by atoms with van der Waals surface area (Å²) in [6.45, 7) is 6.49. The number of nitrogens with zero attached hydrogens (tertiary/aromatic N) is 1. The van der Waals surface area contributed by atoms with Gasteiger partial charge in [0, 0.05) is 25.9 Å². The van der Waals surface area contributed by atoms with Gasteiger partial charge in [0.15, 0.2) is 0 Å². The van der Waals surface area contributed by atoms with Crippen molar-refractivity contribution in [1.82, 2.24) is 4.90 Å². The zero-order valence-electron chi connectivity index (χ0n) is 18.0. The summed E-state index contributed by atoms with van der Waals surface area (Å²) in [5.41, 5.74) is 1.66. The quantitative estimate of drug-likeness (QED) is 0.600. The molecule has 0 bridgehead atoms. The van der Waals surface area contributed by atoms with Crippen LogP contribution in [0.1, 0.15) is 35.1 Å². The Bertz CT molecular complexity index is 965. The Morgan fingerprint density at radius 3 is 2.03 bits per heavy atom. The largest absolute Gasteiger partial charge is 0.416 e. The second-order valence-corrected chi connectivity index (χ2v) is 8.55. The molecule has 170 valence electrons. The number of piperidine rings is 1. The van der Waals surface area contributed by atoms with Crippen LogP contribution in [-0.4, -0.2) is 44.6 Å². The van der Waals surface area contributed by atoms with Crippen molar-refractivity contribution in [3.05, 3.63) is 77.4 Å². The van der Waals surface area contributed by atoms with E-state index in [9.17, 15) is 18.0 Å². The fourth-order valence-electron chi connectivity index (χ4n) is 4.48. The van der Waals surface area contributed by atoms with Gasteiger partial charge in [0.1, 0.15) is 11.9 Å². The van der Waals surface area contributed by atoms with Crippen LogP contribution in [0.4, 0.5) is 13.2 Å². The molecular formula is C25H26F3NO3. The third-order valence-electron chi connectivity index (χ3n) is 6.86. The number of aldehydes is 1. The molecule has 2 fully saturated rings. The first-order chi connectivity index (χ1) is 15.2. The molecule has 0 N–H and O–H groups in total. The first kappa shape index (κ1) is 22.6. The molecule has 0 spiro atoms. The number of halogens is 3. The van der Waals surface area contributed by atoms with Crippen LogP contribution in [0.5, 0.6) is 0 Å². The predicted octanol–water partition coefficient (Wildman–Crippen LogP) is 4.78. The predicted molar refractivity (Wildman–Crippen MR) is 115 cm³/mol. The standard InChI is InChI=1S/C25H26F3NO3/c1-18(19-3-5-21(6-4-19)24(31-2)16-32-17-24)29-13-11-23(15-30,12-14-29)20-7-9-22(10-8-20)25(26,27)28/h3-10,15H,1,11-14,16-17H2,2H3. The van der Waals surface area contributed by atoms with Gasteiger partial charge in [-0.05, 0) is 41.7 Å². The second-order valence-electron chi connectivity index (χ2n) is 8.55. The number of carbonyl (C=O) groups is 1. The van der Waals surface area contributed by atoms with Crippen molar-refractivity contribution >= 4 is 12.0 Å². The average Bonchev–Trinajstić information content (AvgIpc) is 2.78. The van der Waals surface area contributed by atoms with Gasteiger partial charge >= 0.3 is 6.18 Å². The molecule has 0 unspecified atom stereocenters. The van der Waals surface area contributed by atoms with Crippen LogP contribution in [0.15, 0.2) is 55.1 Å². The Kier molecular flexibility index (Phi) is 5.90. The minimum Gasteiger partial charge on any atom is -0.375 e. The number of methoxy groups -OCH3 is 1. The second kappa shape index (κ2) is 8.37. The molecule has 0 saturated carbocycles. The van der Waals surface area contributed by atoms with Crippen molar-refractivity contribution in [2.24, 2.45) is 0 Å². The van der Waals surface area contributed by atoms with Crippen molar-refractivity contribution in [2.75, 3.05) is 33.4 Å². The SMILES string of the molecule is C=C(c1ccc(C2(OC)COC2)cc1)N1CCC(C=O)(c2ccc(C(F)(F)F)cc2)CC1. The number of carbonyl (C=O) groups excluding carboxylic acids is 1. The van der Waals surface area contributed by atoms with E-state index in [4.69, 9.17) is 9.47 Å². The number of hydrogen-bond acceptors (Lipinski definition) is 4. The van der Waals surface area contributed by atoms with E-state index in [0.717, 1.165) is 35.2 Å². The normalized spacial score (nSPS) is 19.8. The number of alkyl halides is 3. The van der Waals surface area contributed by atoms with Crippen LogP contribution in [0.25, 0.3) is 5.70 Å². The summed E-state index contributed by atoms with van der Waals surface area (Å²) in [5.74, 6) is 0. The number of benzene rings is 2. The molecule has 2 saturated heterocycles. The first-order valence-electron chi connectivity index (χ1n) is 10.5. The summed E-state index contributed by atoms with van der Waals surface area (Å²) >= 11 is 0. The van der Waals surface area contributed by atoms with Crippen molar-refractivity contribution in [3.63, 3.8) is 0 Å². The lowest BCUT2D eigenvalue weighted by Gasteiger charge is -2.41. The minimum absolute atomic E-state index is 0.379. The van der Waals surface area contributed by atoms with E-state index in [-0.39, 0.29) is 5.60 Å². The average molecular weight is 445 g/mol. The van der Waals surface area contributed by atoms with E-state index < -0.39 is 17.2 Å². The minimum atomic E-state index is -4.39. The van der Waals surface area contributed by atoms with Crippen LogP contribution in [0.3, 0.4) is 0 Å². The third kappa shape index (κ3) is 3.95. The number of rotatable bonds is 6. The molecule has 0 aliphatic carbocycles. The molecular weight excluding hydrogens is 419 g/mol. The van der Waals surface area contributed by atoms with Crippen LogP contribution in [-0.2, 0) is 31.5 Å². The molecule has 0 aromatic heterocycles. The van der Waals surface area contributed by atoms with Crippen molar-refractivity contribution in [3.8, 4) is 0 Å². The van der Waals surface area contributed by atoms with Gasteiger partial charge in [-0.3, -0.25) is 0 Å². The van der Waals surface area contributed by atoms with Gasteiger partial charge < -0.3 is 19.2 Å². The van der Waals surface area contributed by atoms with Gasteiger partial charge in [-0.25, -0.2) is 0 Å². The molecule has 4 rings (SSSR count). The Hall–Kier alpha value is -2.64. The molecule has 2 aliphatic rings. The molecule has 2 aromatic carbocycles. The molecule has 0 amide bonds. The molecule has 0 atom stereocenters. The highest BCUT2D eigenvalue weighted by molar-refractivity contribution is 5.70. The van der Waals surface area contributed by atoms with Crippen molar-refractivity contribution < 1.29 is 27.4 Å². The third-order valence-corrected chi connectivity index (χ3v) is 6.86. The summed E-state index contributed by atoms with van der Waals surface area (Å²) in [4.78, 5) is 14.1. The fraction of sp³-hybridized carbons (Fsp3) is 0.400. The topological polar surface area (TPSA) is 38.8 Å². The molecule has 2 aliphatic heterocycles. The molecule has 2 aromatic rings. The van der Waals surface area contributed by atoms with Crippen molar-refractivity contribution in [1.29, 1.82) is 0 Å². The van der Waals surface area contributed by atoms with Gasteiger partial charge in [0.05, 0.1) is 24.2 Å². The Morgan fingerprint density at radius 1 is 1.03 bits per heavy atom. The maximum Gasteiger partial charge on any atom is 0.416 e. The van der Waals surface area contributed by atoms with Crippen LogP contribution in [0, 0.1) is 0 Å². The summed E-state index contributed by atoms with van der Waals surface area (Å²) in [6, 6.07) is 13.0. The van der Waals surface area contributed by atoms with Gasteiger partial charge in [0.25, 0.3) is 0 Å². The summed E-state index contributed by atoms with van der Waals surface area (Å²) in [6.07, 6.45) is -2.47. The Morgan fingerprint density at radius 2 is 1.59 bits per heavy atom. The maximum atomic E-state index is 12.9. The van der Waals surface area contributed by atoms with Gasteiger partial charge in [-0.15, -0.1) is 0 Å². The van der Waals surface area contributed by atoms with E-state index in [1.54, 1.807) is 7.11 Å². The summed E-state index contributed by atoms with van der Waals surface area (Å²) in [7, 11) is 1.68. The van der Waals surface area contributed by atoms with Crippen molar-refractivity contribution in [2.45, 2.75) is 30.0 Å². The van der Waals surface area contributed by atoms with Gasteiger partial charge in [-0.1, -0.05) is 43.0 Å². The van der Waals surface area contributed by atoms with E-state index in [2.05, 4.69) is 11.5 Å². The van der Waals surface area contributed by atoms with Gasteiger partial charge in [0.2, 0.25) is 0 Å². The summed E-state index contributed by atoms with van der Waals surface area (Å²) < 4.78 is 49.6. The fourth-order valence-corrected chi connectivity index (χ4v) is 4.48. The lowest BCUT2D eigenvalue weighted by Crippen LogP contribution is -2.48. The van der Waals surface area contributed by atoms with E-state index >= 15 is 0 Å². The van der Waals surface area contributed by atoms with E-state index in [1.165, 1.54) is 12.1 Å². The maximum absolute atomic E-state index is 12.9. The lowest BCUT2D eigenvalue weighted by atomic mass is 9.73. The highest BCUT2D eigenvalue weighted by Crippen LogP contribution is 2.38. The van der Waals surface area contributed by atoms with Gasteiger partial charge in [-0.2, -0.15) is 13.2 Å². The van der Waals surface area contributed by atoms with Crippen LogP contribution in [0.2, 0.25) is 0 Å². The van der Waals surface area contributed by atoms with E-state index in [0.29, 0.717) is 44.7 Å². The smallest absolute Gasteiger partial charge is 0.375 e. The highest BCUT2D eigenvalue weighted by Gasteiger charge is 2.41. The molecule has 2 heterocycles. The number of likely N-dealkylation sites (tertiary alicyclic amines) is 1. The summed E-state index contributed by atoms with van der Waals surface area (Å²) in [5, 5.41) is 0. The monoisotopic (exact) mass is 445 g/mol. The number of hydrogen-bond donors (Lipinski definition) is 0. The zero-order chi connectivity index (χ0) is 23.0. The Labute approximate surface area is 185 Å². The molecule has 32 heavy (non-hydrogen) atoms. The highest BCUT2D eigenvalue weighted by atomic mass is 19.4. The lowest BCUT2D eigenvalue weighted by molar-refractivity contribution is -0.202. The zero-order valence-corrected chi connectivity index (χ0v) is 18.0. The van der Waals surface area contributed by atoms with Crippen LogP contribution < -0.4 is 0 Å². The molecule has 0 radical (unpaired) electrons. The Balaban J connectivity index is 1.44. The molecule has 7 heteroatoms. The molecule has 4 nitrogen and oxygen atoms in total. The number of ether oxygens (including phenoxy) is 2.